The van der Waals surface area contributed by atoms with Crippen LogP contribution in [0.4, 0.5) is 0 Å². The molecule has 0 aliphatic carbocycles. The third kappa shape index (κ3) is 3.89. The maximum atomic E-state index is 12.6. The molecule has 0 aliphatic heterocycles. The quantitative estimate of drug-likeness (QED) is 0.592. The number of hydrogen-bond acceptors (Lipinski definition) is 5. The molecule has 0 aromatic heterocycles. The predicted molar refractivity (Wildman–Crippen MR) is 95.3 cm³/mol. The van der Waals surface area contributed by atoms with Gasteiger partial charge in [0.15, 0.2) is 5.78 Å². The van der Waals surface area contributed by atoms with Gasteiger partial charge in [-0.05, 0) is 30.4 Å². The summed E-state index contributed by atoms with van der Waals surface area (Å²) in [5.74, 6) is 0.981. The summed E-state index contributed by atoms with van der Waals surface area (Å²) < 4.78 is 16.5. The second-order valence-corrected chi connectivity index (χ2v) is 5.72. The molecule has 2 rings (SSSR count). The molecule has 0 saturated carbocycles. The van der Waals surface area contributed by atoms with E-state index in [0.29, 0.717) is 22.8 Å². The predicted octanol–water partition coefficient (Wildman–Crippen LogP) is 4.08. The number of carbonyl (C=O) groups excluding carboxylic acids is 1. The van der Waals surface area contributed by atoms with Crippen LogP contribution in [-0.4, -0.2) is 32.2 Å². The Morgan fingerprint density at radius 2 is 1.67 bits per heavy atom. The molecule has 0 atom stereocenters. The van der Waals surface area contributed by atoms with Gasteiger partial charge in [-0.2, -0.15) is 0 Å². The average Bonchev–Trinajstić information content (AvgIpc) is 2.60. The zero-order valence-electron chi connectivity index (χ0n) is 13.5. The van der Waals surface area contributed by atoms with Gasteiger partial charge in [0.25, 0.3) is 0 Å². The van der Waals surface area contributed by atoms with E-state index in [1.165, 1.54) is 33.5 Å². The SMILES string of the molecule is COc1cc(OC)c(C(=O)/C=C/c2cc(Br)ccc2O)c(OC)c1. The van der Waals surface area contributed by atoms with Gasteiger partial charge in [-0.25, -0.2) is 0 Å². The van der Waals surface area contributed by atoms with Crippen molar-refractivity contribution in [2.75, 3.05) is 21.3 Å². The summed E-state index contributed by atoms with van der Waals surface area (Å²) in [6.45, 7) is 0. The zero-order valence-corrected chi connectivity index (χ0v) is 15.1. The number of aromatic hydroxyl groups is 1. The van der Waals surface area contributed by atoms with Gasteiger partial charge in [0, 0.05) is 22.2 Å². The first-order valence-corrected chi connectivity index (χ1v) is 7.80. The van der Waals surface area contributed by atoms with Gasteiger partial charge in [0.1, 0.15) is 28.6 Å². The first-order chi connectivity index (χ1) is 11.5. The summed E-state index contributed by atoms with van der Waals surface area (Å²) in [6.07, 6.45) is 2.89. The molecule has 5 nitrogen and oxygen atoms in total. The Morgan fingerprint density at radius 3 is 2.21 bits per heavy atom. The number of carbonyl (C=O) groups is 1. The Hall–Kier alpha value is -2.47. The van der Waals surface area contributed by atoms with E-state index in [-0.39, 0.29) is 17.1 Å². The second-order valence-electron chi connectivity index (χ2n) is 4.81. The molecule has 0 spiro atoms. The van der Waals surface area contributed by atoms with E-state index in [0.717, 1.165) is 4.47 Å². The number of hydrogen-bond donors (Lipinski definition) is 1. The number of methoxy groups -OCH3 is 3. The summed E-state index contributed by atoms with van der Waals surface area (Å²) in [7, 11) is 4.45. The van der Waals surface area contributed by atoms with E-state index in [1.807, 2.05) is 0 Å². The van der Waals surface area contributed by atoms with E-state index in [4.69, 9.17) is 14.2 Å². The molecule has 0 radical (unpaired) electrons. The standard InChI is InChI=1S/C18H17BrO5/c1-22-13-9-16(23-2)18(17(10-13)24-3)15(21)6-4-11-8-12(19)5-7-14(11)20/h4-10,20H,1-3H3/b6-4+. The lowest BCUT2D eigenvalue weighted by Gasteiger charge is -2.13. The number of benzene rings is 2. The minimum atomic E-state index is -0.314. The van der Waals surface area contributed by atoms with Crippen molar-refractivity contribution in [3.8, 4) is 23.0 Å². The molecule has 1 N–H and O–H groups in total. The highest BCUT2D eigenvalue weighted by Gasteiger charge is 2.18. The number of phenolic OH excluding ortho intramolecular Hbond substituents is 1. The van der Waals surface area contributed by atoms with Crippen LogP contribution in [0, 0.1) is 0 Å². The third-order valence-corrected chi connectivity index (χ3v) is 3.86. The smallest absolute Gasteiger partial charge is 0.193 e. The molecular weight excluding hydrogens is 376 g/mol. The largest absolute Gasteiger partial charge is 0.507 e. The molecule has 126 valence electrons. The van der Waals surface area contributed by atoms with Crippen molar-refractivity contribution in [2.45, 2.75) is 0 Å². The van der Waals surface area contributed by atoms with Crippen molar-refractivity contribution < 1.29 is 24.1 Å². The Balaban J connectivity index is 2.42. The van der Waals surface area contributed by atoms with Crippen molar-refractivity contribution in [2.24, 2.45) is 0 Å². The lowest BCUT2D eigenvalue weighted by atomic mass is 10.1. The first-order valence-electron chi connectivity index (χ1n) is 7.01. The van der Waals surface area contributed by atoms with Crippen molar-refractivity contribution in [3.63, 3.8) is 0 Å². The van der Waals surface area contributed by atoms with E-state index >= 15 is 0 Å². The molecule has 24 heavy (non-hydrogen) atoms. The number of phenols is 1. The van der Waals surface area contributed by atoms with Crippen molar-refractivity contribution in [1.82, 2.24) is 0 Å². The molecule has 0 aliphatic rings. The van der Waals surface area contributed by atoms with Crippen LogP contribution in [0.1, 0.15) is 15.9 Å². The van der Waals surface area contributed by atoms with Crippen LogP contribution >= 0.6 is 15.9 Å². The van der Waals surface area contributed by atoms with E-state index in [2.05, 4.69) is 15.9 Å². The molecule has 0 saturated heterocycles. The fourth-order valence-electron chi connectivity index (χ4n) is 2.16. The third-order valence-electron chi connectivity index (χ3n) is 3.37. The van der Waals surface area contributed by atoms with Crippen LogP contribution in [-0.2, 0) is 0 Å². The molecule has 0 bridgehead atoms. The van der Waals surface area contributed by atoms with E-state index < -0.39 is 0 Å². The van der Waals surface area contributed by atoms with Gasteiger partial charge < -0.3 is 19.3 Å². The highest BCUT2D eigenvalue weighted by atomic mass is 79.9. The summed E-state index contributed by atoms with van der Waals surface area (Å²) in [4.78, 5) is 12.6. The molecule has 0 heterocycles. The number of halogens is 1. The van der Waals surface area contributed by atoms with Crippen LogP contribution in [0.25, 0.3) is 6.08 Å². The van der Waals surface area contributed by atoms with Crippen LogP contribution in [0.15, 0.2) is 40.9 Å². The second kappa shape index (κ2) is 7.88. The van der Waals surface area contributed by atoms with E-state index in [1.54, 1.807) is 30.3 Å². The summed E-state index contributed by atoms with van der Waals surface area (Å²) in [5, 5.41) is 9.84. The Morgan fingerprint density at radius 1 is 1.04 bits per heavy atom. The van der Waals surface area contributed by atoms with Gasteiger partial charge in [0.05, 0.1) is 21.3 Å². The Labute approximate surface area is 148 Å². The fourth-order valence-corrected chi connectivity index (χ4v) is 2.53. The average molecular weight is 393 g/mol. The van der Waals surface area contributed by atoms with Gasteiger partial charge in [-0.3, -0.25) is 4.79 Å². The van der Waals surface area contributed by atoms with Gasteiger partial charge >= 0.3 is 0 Å². The maximum absolute atomic E-state index is 12.6. The molecule has 0 amide bonds. The number of ether oxygens (including phenoxy) is 3. The topological polar surface area (TPSA) is 65.0 Å². The van der Waals surface area contributed by atoms with Crippen LogP contribution in [0.2, 0.25) is 0 Å². The van der Waals surface area contributed by atoms with Crippen LogP contribution in [0.5, 0.6) is 23.0 Å². The Kier molecular flexibility index (Phi) is 5.87. The molecule has 2 aromatic rings. The van der Waals surface area contributed by atoms with Gasteiger partial charge in [-0.15, -0.1) is 0 Å². The number of ketones is 1. The minimum Gasteiger partial charge on any atom is -0.507 e. The zero-order chi connectivity index (χ0) is 17.7. The van der Waals surface area contributed by atoms with Crippen molar-refractivity contribution >= 4 is 27.8 Å². The van der Waals surface area contributed by atoms with Crippen molar-refractivity contribution in [1.29, 1.82) is 0 Å². The minimum absolute atomic E-state index is 0.0795. The highest BCUT2D eigenvalue weighted by Crippen LogP contribution is 2.35. The Bertz CT molecular complexity index is 758. The molecule has 0 unspecified atom stereocenters. The lowest BCUT2D eigenvalue weighted by Crippen LogP contribution is -2.03. The maximum Gasteiger partial charge on any atom is 0.193 e. The molecule has 6 heteroatoms. The number of allylic oxidation sites excluding steroid dienone is 1. The lowest BCUT2D eigenvalue weighted by molar-refractivity contribution is 0.104. The first kappa shape index (κ1) is 17.9. The highest BCUT2D eigenvalue weighted by molar-refractivity contribution is 9.10. The van der Waals surface area contributed by atoms with Crippen molar-refractivity contribution in [3.05, 3.63) is 52.0 Å². The van der Waals surface area contributed by atoms with E-state index in [9.17, 15) is 9.90 Å². The van der Waals surface area contributed by atoms with Gasteiger partial charge in [-0.1, -0.05) is 15.9 Å². The van der Waals surface area contributed by atoms with Gasteiger partial charge in [0.2, 0.25) is 0 Å². The number of rotatable bonds is 6. The van der Waals surface area contributed by atoms with Crippen LogP contribution < -0.4 is 14.2 Å². The summed E-state index contributed by atoms with van der Waals surface area (Å²) in [6, 6.07) is 8.19. The molecule has 0 fully saturated rings. The molecular formula is C18H17BrO5. The molecule has 2 aromatic carbocycles. The summed E-state index contributed by atoms with van der Waals surface area (Å²) >= 11 is 3.33. The van der Waals surface area contributed by atoms with Crippen LogP contribution in [0.3, 0.4) is 0 Å². The normalized spacial score (nSPS) is 10.7. The monoisotopic (exact) mass is 392 g/mol. The summed E-state index contributed by atoms with van der Waals surface area (Å²) in [5.41, 5.74) is 0.802. The fraction of sp³-hybridized carbons (Fsp3) is 0.167.